The number of amides is 1. The second-order valence-electron chi connectivity index (χ2n) is 4.74. The van der Waals surface area contributed by atoms with E-state index in [1.165, 1.54) is 6.07 Å². The number of hydrogen-bond donors (Lipinski definition) is 2. The van der Waals surface area contributed by atoms with Gasteiger partial charge in [-0.3, -0.25) is 4.79 Å². The minimum Gasteiger partial charge on any atom is -0.461 e. The van der Waals surface area contributed by atoms with E-state index in [0.717, 1.165) is 6.42 Å². The van der Waals surface area contributed by atoms with E-state index in [2.05, 4.69) is 5.32 Å². The van der Waals surface area contributed by atoms with Gasteiger partial charge in [-0.25, -0.2) is 4.39 Å². The fourth-order valence-electron chi connectivity index (χ4n) is 1.97. The van der Waals surface area contributed by atoms with Gasteiger partial charge in [-0.2, -0.15) is 0 Å². The molecule has 0 bridgehead atoms. The zero-order valence-electron chi connectivity index (χ0n) is 12.2. The fourth-order valence-corrected chi connectivity index (χ4v) is 1.97. The van der Waals surface area contributed by atoms with E-state index < -0.39 is 0 Å². The number of nitrogens with two attached hydrogens (primary N) is 1. The Morgan fingerprint density at radius 2 is 2.00 bits per heavy atom. The largest absolute Gasteiger partial charge is 0.461 e. The predicted octanol–water partition coefficient (Wildman–Crippen LogP) is 2.91. The van der Waals surface area contributed by atoms with Crippen molar-refractivity contribution in [2.75, 3.05) is 13.1 Å². The van der Waals surface area contributed by atoms with Crippen LogP contribution in [-0.2, 0) is 11.2 Å². The van der Waals surface area contributed by atoms with Crippen molar-refractivity contribution in [1.29, 1.82) is 0 Å². The predicted molar refractivity (Wildman–Crippen MR) is 86.4 cm³/mol. The molecule has 0 saturated heterocycles. The van der Waals surface area contributed by atoms with Crippen molar-refractivity contribution in [3.63, 3.8) is 0 Å². The highest BCUT2D eigenvalue weighted by molar-refractivity contribution is 5.85. The first-order valence-electron chi connectivity index (χ1n) is 7.01. The second-order valence-corrected chi connectivity index (χ2v) is 4.74. The summed E-state index contributed by atoms with van der Waals surface area (Å²) in [6, 6.07) is 9.94. The molecule has 2 aromatic rings. The van der Waals surface area contributed by atoms with Gasteiger partial charge in [0.25, 0.3) is 0 Å². The Morgan fingerprint density at radius 1 is 1.23 bits per heavy atom. The molecular formula is C16H20ClFN2O2. The van der Waals surface area contributed by atoms with Crippen molar-refractivity contribution in [2.24, 2.45) is 5.73 Å². The fraction of sp³-hybridized carbons (Fsp3) is 0.312. The average molecular weight is 327 g/mol. The Morgan fingerprint density at radius 3 is 2.73 bits per heavy atom. The van der Waals surface area contributed by atoms with Crippen molar-refractivity contribution in [3.8, 4) is 11.3 Å². The van der Waals surface area contributed by atoms with Gasteiger partial charge in [0, 0.05) is 19.4 Å². The summed E-state index contributed by atoms with van der Waals surface area (Å²) in [7, 11) is 0. The smallest absolute Gasteiger partial charge is 0.220 e. The maximum absolute atomic E-state index is 13.6. The molecule has 0 aliphatic carbocycles. The molecular weight excluding hydrogens is 307 g/mol. The number of hydrogen-bond acceptors (Lipinski definition) is 3. The third kappa shape index (κ3) is 5.16. The topological polar surface area (TPSA) is 68.3 Å². The molecule has 4 nitrogen and oxygen atoms in total. The van der Waals surface area contributed by atoms with Crippen LogP contribution in [0.5, 0.6) is 0 Å². The van der Waals surface area contributed by atoms with Gasteiger partial charge < -0.3 is 15.5 Å². The summed E-state index contributed by atoms with van der Waals surface area (Å²) in [6.07, 6.45) is 1.60. The Hall–Kier alpha value is -1.85. The number of benzene rings is 1. The van der Waals surface area contributed by atoms with Crippen molar-refractivity contribution < 1.29 is 13.6 Å². The minimum atomic E-state index is -0.321. The summed E-state index contributed by atoms with van der Waals surface area (Å²) in [5.74, 6) is 0.791. The van der Waals surface area contributed by atoms with E-state index in [-0.39, 0.29) is 24.1 Å². The quantitative estimate of drug-likeness (QED) is 0.769. The standard InChI is InChI=1S/C16H19FN2O2.ClH/c17-14-5-2-1-4-13(14)15-8-6-12(21-15)7-9-16(20)19-11-3-10-18;/h1-2,4-6,8H,3,7,9-11,18H2,(H,19,20);1H. The number of carbonyl (C=O) groups excluding carboxylic acids is 1. The number of aryl methyl sites for hydroxylation is 1. The zero-order valence-corrected chi connectivity index (χ0v) is 13.0. The van der Waals surface area contributed by atoms with E-state index in [4.69, 9.17) is 10.2 Å². The van der Waals surface area contributed by atoms with Crippen LogP contribution < -0.4 is 11.1 Å². The van der Waals surface area contributed by atoms with Gasteiger partial charge >= 0.3 is 0 Å². The first-order valence-corrected chi connectivity index (χ1v) is 7.01. The lowest BCUT2D eigenvalue weighted by Crippen LogP contribution is -2.26. The van der Waals surface area contributed by atoms with E-state index in [1.807, 2.05) is 0 Å². The van der Waals surface area contributed by atoms with Crippen LogP contribution in [0, 0.1) is 5.82 Å². The lowest BCUT2D eigenvalue weighted by atomic mass is 10.1. The molecule has 1 amide bonds. The number of carbonyl (C=O) groups is 1. The number of rotatable bonds is 7. The van der Waals surface area contributed by atoms with Crippen LogP contribution in [0.15, 0.2) is 40.8 Å². The van der Waals surface area contributed by atoms with Gasteiger partial charge in [-0.15, -0.1) is 12.4 Å². The van der Waals surface area contributed by atoms with Gasteiger partial charge in [-0.1, -0.05) is 12.1 Å². The van der Waals surface area contributed by atoms with Gasteiger partial charge in [-0.05, 0) is 37.2 Å². The first kappa shape index (κ1) is 18.2. The van der Waals surface area contributed by atoms with Crippen LogP contribution in [0.3, 0.4) is 0 Å². The van der Waals surface area contributed by atoms with Crippen LogP contribution >= 0.6 is 12.4 Å². The normalized spacial score (nSPS) is 10.1. The Balaban J connectivity index is 0.00000242. The number of halogens is 2. The van der Waals surface area contributed by atoms with Gasteiger partial charge in [0.15, 0.2) is 0 Å². The van der Waals surface area contributed by atoms with E-state index in [1.54, 1.807) is 30.3 Å². The molecule has 0 unspecified atom stereocenters. The highest BCUT2D eigenvalue weighted by Gasteiger charge is 2.10. The van der Waals surface area contributed by atoms with Crippen molar-refractivity contribution >= 4 is 18.3 Å². The van der Waals surface area contributed by atoms with Crippen molar-refractivity contribution in [3.05, 3.63) is 48.0 Å². The van der Waals surface area contributed by atoms with Crippen LogP contribution in [0.1, 0.15) is 18.6 Å². The molecule has 1 aromatic heterocycles. The van der Waals surface area contributed by atoms with Crippen LogP contribution in [0.25, 0.3) is 11.3 Å². The molecule has 0 atom stereocenters. The number of furan rings is 1. The summed E-state index contributed by atoms with van der Waals surface area (Å²) in [6.45, 7) is 1.15. The van der Waals surface area contributed by atoms with Crippen molar-refractivity contribution in [2.45, 2.75) is 19.3 Å². The summed E-state index contributed by atoms with van der Waals surface area (Å²) in [4.78, 5) is 11.6. The molecule has 6 heteroatoms. The summed E-state index contributed by atoms with van der Waals surface area (Å²) in [5.41, 5.74) is 5.78. The summed E-state index contributed by atoms with van der Waals surface area (Å²) < 4.78 is 19.2. The highest BCUT2D eigenvalue weighted by Crippen LogP contribution is 2.25. The number of nitrogens with one attached hydrogen (secondary N) is 1. The Kier molecular flexibility index (Phi) is 7.63. The zero-order chi connectivity index (χ0) is 15.1. The lowest BCUT2D eigenvalue weighted by Gasteiger charge is -2.03. The molecule has 0 spiro atoms. The Bertz CT molecular complexity index is 601. The van der Waals surface area contributed by atoms with E-state index in [0.29, 0.717) is 43.0 Å². The third-order valence-corrected chi connectivity index (χ3v) is 3.10. The molecule has 1 heterocycles. The molecule has 0 fully saturated rings. The summed E-state index contributed by atoms with van der Waals surface area (Å²) in [5, 5.41) is 2.78. The Labute approximate surface area is 135 Å². The molecule has 0 radical (unpaired) electrons. The third-order valence-electron chi connectivity index (χ3n) is 3.10. The van der Waals surface area contributed by atoms with Crippen molar-refractivity contribution in [1.82, 2.24) is 5.32 Å². The van der Waals surface area contributed by atoms with Gasteiger partial charge in [0.2, 0.25) is 5.91 Å². The first-order chi connectivity index (χ1) is 10.2. The second kappa shape index (κ2) is 9.23. The minimum absolute atomic E-state index is 0. The molecule has 1 aromatic carbocycles. The van der Waals surface area contributed by atoms with E-state index >= 15 is 0 Å². The SMILES string of the molecule is Cl.NCCCNC(=O)CCc1ccc(-c2ccccc2F)o1. The van der Waals surface area contributed by atoms with Crippen LogP contribution in [-0.4, -0.2) is 19.0 Å². The highest BCUT2D eigenvalue weighted by atomic mass is 35.5. The molecule has 120 valence electrons. The average Bonchev–Trinajstić information content (AvgIpc) is 2.94. The molecule has 2 rings (SSSR count). The maximum atomic E-state index is 13.6. The molecule has 3 N–H and O–H groups in total. The monoisotopic (exact) mass is 326 g/mol. The maximum Gasteiger partial charge on any atom is 0.220 e. The van der Waals surface area contributed by atoms with Gasteiger partial charge in [0.1, 0.15) is 17.3 Å². The van der Waals surface area contributed by atoms with Crippen LogP contribution in [0.4, 0.5) is 4.39 Å². The molecule has 0 saturated carbocycles. The molecule has 0 aliphatic rings. The lowest BCUT2D eigenvalue weighted by molar-refractivity contribution is -0.121. The van der Waals surface area contributed by atoms with E-state index in [9.17, 15) is 9.18 Å². The molecule has 0 aliphatic heterocycles. The summed E-state index contributed by atoms with van der Waals surface area (Å²) >= 11 is 0. The van der Waals surface area contributed by atoms with Crippen LogP contribution in [0.2, 0.25) is 0 Å². The molecule has 22 heavy (non-hydrogen) atoms. The van der Waals surface area contributed by atoms with Gasteiger partial charge in [0.05, 0.1) is 5.56 Å².